The number of hydrogen-bond donors (Lipinski definition) is 5. The molecule has 4 rings (SSSR count). The molecule has 0 saturated heterocycles. The third-order valence-corrected chi connectivity index (χ3v) is 7.45. The Morgan fingerprint density at radius 3 is 2.40 bits per heavy atom. The van der Waals surface area contributed by atoms with Crippen LogP contribution >= 0.6 is 0 Å². The SMILES string of the molecule is CC(=O)CCc1ccc(O)c2c1CC1CC3C(N(C)C)C(=O)C(C(N)=O)=C(O)C3(O)C(=O)C1=C2O. The second-order valence-electron chi connectivity index (χ2n) is 9.76. The van der Waals surface area contributed by atoms with Crippen molar-refractivity contribution in [3.63, 3.8) is 0 Å². The fourth-order valence-corrected chi connectivity index (χ4v) is 5.85. The van der Waals surface area contributed by atoms with Gasteiger partial charge in [0, 0.05) is 17.9 Å². The molecule has 1 aromatic rings. The first-order chi connectivity index (χ1) is 16.3. The molecule has 1 aromatic carbocycles. The number of Topliss-reactive ketones (excluding diaryl/α,β-unsaturated/α-hetero) is 3. The Bertz CT molecular complexity index is 1240. The van der Waals surface area contributed by atoms with Gasteiger partial charge in [-0.1, -0.05) is 6.07 Å². The summed E-state index contributed by atoms with van der Waals surface area (Å²) in [6.45, 7) is 1.46. The quantitative estimate of drug-likeness (QED) is 0.372. The van der Waals surface area contributed by atoms with E-state index in [-0.39, 0.29) is 41.9 Å². The standard InChI is InChI=1S/C25H28N2O8/c1-10(28)4-5-11-6-7-15(29)17-13(11)8-12-9-14-19(27(2)3)21(31)18(24(26)34)23(33)25(14,35)22(32)16(12)20(17)30/h6-7,12,14,19,29-30,33,35H,4-5,8-9H2,1-3H3,(H2,26,34). The maximum Gasteiger partial charge on any atom is 0.255 e. The molecule has 3 aliphatic rings. The minimum Gasteiger partial charge on any atom is -0.508 e. The Labute approximate surface area is 201 Å². The highest BCUT2D eigenvalue weighted by Crippen LogP contribution is 2.52. The van der Waals surface area contributed by atoms with Crippen LogP contribution in [0.2, 0.25) is 0 Å². The first-order valence-corrected chi connectivity index (χ1v) is 11.3. The number of benzene rings is 1. The molecule has 0 spiro atoms. The number of amides is 1. The first-order valence-electron chi connectivity index (χ1n) is 11.3. The van der Waals surface area contributed by atoms with Gasteiger partial charge in [0.2, 0.25) is 5.78 Å². The number of phenolic OH excluding ortho intramolecular Hbond substituents is 1. The Morgan fingerprint density at radius 2 is 1.83 bits per heavy atom. The summed E-state index contributed by atoms with van der Waals surface area (Å²) in [5.74, 6) is -6.85. The zero-order valence-electron chi connectivity index (χ0n) is 19.7. The van der Waals surface area contributed by atoms with E-state index in [0.29, 0.717) is 12.0 Å². The van der Waals surface area contributed by atoms with Crippen molar-refractivity contribution in [3.05, 3.63) is 45.7 Å². The highest BCUT2D eigenvalue weighted by atomic mass is 16.3. The maximum absolute atomic E-state index is 13.7. The number of ketones is 3. The molecule has 1 amide bonds. The van der Waals surface area contributed by atoms with Gasteiger partial charge in [0.15, 0.2) is 11.4 Å². The fourth-order valence-electron chi connectivity index (χ4n) is 5.85. The second-order valence-corrected chi connectivity index (χ2v) is 9.76. The van der Waals surface area contributed by atoms with Gasteiger partial charge in [-0.15, -0.1) is 0 Å². The topological polar surface area (TPSA) is 178 Å². The van der Waals surface area contributed by atoms with Gasteiger partial charge >= 0.3 is 0 Å². The van der Waals surface area contributed by atoms with Crippen LogP contribution in [-0.4, -0.2) is 74.3 Å². The highest BCUT2D eigenvalue weighted by molar-refractivity contribution is 6.24. The molecule has 0 radical (unpaired) electrons. The molecule has 0 aliphatic heterocycles. The second kappa shape index (κ2) is 8.31. The fraction of sp³-hybridized carbons (Fsp3) is 0.440. The molecule has 0 aromatic heterocycles. The summed E-state index contributed by atoms with van der Waals surface area (Å²) >= 11 is 0. The van der Waals surface area contributed by atoms with Crippen LogP contribution in [0.3, 0.4) is 0 Å². The average molecular weight is 485 g/mol. The van der Waals surface area contributed by atoms with Gasteiger partial charge in [-0.05, 0) is 63.4 Å². The molecule has 0 bridgehead atoms. The van der Waals surface area contributed by atoms with Crippen molar-refractivity contribution in [2.45, 2.75) is 44.2 Å². The zero-order valence-corrected chi connectivity index (χ0v) is 19.7. The number of aliphatic hydroxyl groups excluding tert-OH is 2. The number of phenols is 1. The van der Waals surface area contributed by atoms with Crippen molar-refractivity contribution in [1.82, 2.24) is 4.90 Å². The summed E-state index contributed by atoms with van der Waals surface area (Å²) in [5, 5.41) is 44.0. The van der Waals surface area contributed by atoms with Crippen LogP contribution in [0.15, 0.2) is 29.0 Å². The molecule has 35 heavy (non-hydrogen) atoms. The minimum absolute atomic E-state index is 0.0214. The largest absolute Gasteiger partial charge is 0.508 e. The van der Waals surface area contributed by atoms with Gasteiger partial charge < -0.3 is 31.0 Å². The number of hydrogen-bond acceptors (Lipinski definition) is 9. The molecular formula is C25H28N2O8. The van der Waals surface area contributed by atoms with Crippen LogP contribution in [0.25, 0.3) is 5.76 Å². The average Bonchev–Trinajstić information content (AvgIpc) is 2.75. The number of likely N-dealkylation sites (N-methyl/N-ethyl adjacent to an activating group) is 1. The molecule has 6 N–H and O–H groups in total. The van der Waals surface area contributed by atoms with Crippen LogP contribution < -0.4 is 5.73 Å². The number of carbonyl (C=O) groups is 4. The van der Waals surface area contributed by atoms with Gasteiger partial charge in [-0.2, -0.15) is 0 Å². The van der Waals surface area contributed by atoms with Crippen LogP contribution in [0.1, 0.15) is 36.5 Å². The molecule has 1 saturated carbocycles. The highest BCUT2D eigenvalue weighted by Gasteiger charge is 2.64. The van der Waals surface area contributed by atoms with Crippen molar-refractivity contribution >= 4 is 29.0 Å². The number of nitrogens with zero attached hydrogens (tertiary/aromatic N) is 1. The lowest BCUT2D eigenvalue weighted by atomic mass is 9.57. The van der Waals surface area contributed by atoms with Crippen molar-refractivity contribution in [2.75, 3.05) is 14.1 Å². The number of fused-ring (bicyclic) bond motifs is 3. The maximum atomic E-state index is 13.7. The predicted molar refractivity (Wildman–Crippen MR) is 123 cm³/mol. The number of aryl methyl sites for hydroxylation is 1. The third kappa shape index (κ3) is 3.47. The van der Waals surface area contributed by atoms with Gasteiger partial charge in [0.1, 0.15) is 28.6 Å². The van der Waals surface area contributed by atoms with Crippen molar-refractivity contribution in [1.29, 1.82) is 0 Å². The minimum atomic E-state index is -2.66. The van der Waals surface area contributed by atoms with E-state index in [2.05, 4.69) is 0 Å². The monoisotopic (exact) mass is 484 g/mol. The van der Waals surface area contributed by atoms with E-state index >= 15 is 0 Å². The Balaban J connectivity index is 1.93. The van der Waals surface area contributed by atoms with Crippen LogP contribution in [-0.2, 0) is 32.0 Å². The van der Waals surface area contributed by atoms with Gasteiger partial charge in [0.05, 0.1) is 11.6 Å². The molecule has 10 heteroatoms. The van der Waals surface area contributed by atoms with Crippen molar-refractivity contribution in [2.24, 2.45) is 17.6 Å². The van der Waals surface area contributed by atoms with Crippen molar-refractivity contribution < 1.29 is 39.6 Å². The summed E-state index contributed by atoms with van der Waals surface area (Å²) < 4.78 is 0. The number of rotatable bonds is 5. The zero-order chi connectivity index (χ0) is 26.0. The number of primary amides is 1. The van der Waals surface area contributed by atoms with Gasteiger partial charge in [-0.3, -0.25) is 19.3 Å². The normalized spacial score (nSPS) is 28.1. The van der Waals surface area contributed by atoms with E-state index in [9.17, 15) is 39.6 Å². The molecule has 4 atom stereocenters. The van der Waals surface area contributed by atoms with Gasteiger partial charge in [0.25, 0.3) is 5.91 Å². The summed E-state index contributed by atoms with van der Waals surface area (Å²) in [4.78, 5) is 51.8. The van der Waals surface area contributed by atoms with Gasteiger partial charge in [-0.25, -0.2) is 0 Å². The third-order valence-electron chi connectivity index (χ3n) is 7.45. The Morgan fingerprint density at radius 1 is 1.17 bits per heavy atom. The Hall–Kier alpha value is -3.50. The molecule has 186 valence electrons. The summed E-state index contributed by atoms with van der Waals surface area (Å²) in [6.07, 6.45) is 0.856. The molecule has 1 fully saturated rings. The summed E-state index contributed by atoms with van der Waals surface area (Å²) in [6, 6.07) is 1.89. The number of nitrogens with two attached hydrogens (primary N) is 1. The summed E-state index contributed by atoms with van der Waals surface area (Å²) in [7, 11) is 3.09. The van der Waals surface area contributed by atoms with Crippen molar-refractivity contribution in [3.8, 4) is 5.75 Å². The van der Waals surface area contributed by atoms with E-state index in [1.807, 2.05) is 0 Å². The van der Waals surface area contributed by atoms with E-state index in [0.717, 1.165) is 5.56 Å². The number of aliphatic hydroxyl groups is 3. The lowest BCUT2D eigenvalue weighted by Gasteiger charge is -2.50. The van der Waals surface area contributed by atoms with Crippen LogP contribution in [0.4, 0.5) is 0 Å². The molecule has 3 aliphatic carbocycles. The van der Waals surface area contributed by atoms with E-state index < -0.39 is 58.0 Å². The first kappa shape index (κ1) is 24.6. The lowest BCUT2D eigenvalue weighted by molar-refractivity contribution is -0.153. The van der Waals surface area contributed by atoms with Crippen LogP contribution in [0.5, 0.6) is 5.75 Å². The van der Waals surface area contributed by atoms with E-state index in [1.165, 1.54) is 17.9 Å². The Kier molecular flexibility index (Phi) is 5.85. The van der Waals surface area contributed by atoms with E-state index in [1.54, 1.807) is 20.2 Å². The summed E-state index contributed by atoms with van der Waals surface area (Å²) in [5.41, 5.74) is 2.95. The lowest BCUT2D eigenvalue weighted by Crippen LogP contribution is -2.65. The number of carbonyl (C=O) groups excluding carboxylic acids is 4. The van der Waals surface area contributed by atoms with Crippen LogP contribution in [0, 0.1) is 11.8 Å². The molecule has 0 heterocycles. The molecule has 4 unspecified atom stereocenters. The predicted octanol–water partition coefficient (Wildman–Crippen LogP) is 0.486. The smallest absolute Gasteiger partial charge is 0.255 e. The number of aromatic hydroxyl groups is 1. The van der Waals surface area contributed by atoms with E-state index in [4.69, 9.17) is 5.73 Å². The molecule has 10 nitrogen and oxygen atoms in total. The molecular weight excluding hydrogens is 456 g/mol.